The molecule has 0 spiro atoms. The number of carbonyl (C=O) groups excluding carboxylic acids is 1. The number of nitrogens with zero attached hydrogens (tertiary/aromatic N) is 2. The van der Waals surface area contributed by atoms with Gasteiger partial charge in [0.1, 0.15) is 4.83 Å². The summed E-state index contributed by atoms with van der Waals surface area (Å²) in [5.41, 5.74) is 6.95. The van der Waals surface area contributed by atoms with E-state index in [1.54, 1.807) is 0 Å². The third kappa shape index (κ3) is 2.53. The molecule has 0 saturated heterocycles. The Labute approximate surface area is 131 Å². The lowest BCUT2D eigenvalue weighted by Gasteiger charge is -2.05. The monoisotopic (exact) mass is 313 g/mol. The van der Waals surface area contributed by atoms with E-state index in [4.69, 9.17) is 5.73 Å². The predicted octanol–water partition coefficient (Wildman–Crippen LogP) is 2.31. The lowest BCUT2D eigenvalue weighted by atomic mass is 10.0. The summed E-state index contributed by atoms with van der Waals surface area (Å²) in [4.78, 5) is 29.8. The first kappa shape index (κ1) is 14.5. The number of nitrogens with two attached hydrogens (primary N) is 1. The highest BCUT2D eigenvalue weighted by atomic mass is 32.1. The van der Waals surface area contributed by atoms with E-state index in [-0.39, 0.29) is 18.5 Å². The SMILES string of the molecule is Cc1sc2ncn(CCC(N)=O)c(=O)c2c1-c1ccccc1. The number of hydrogen-bond donors (Lipinski definition) is 1. The molecule has 6 heteroatoms. The van der Waals surface area contributed by atoms with Crippen LogP contribution < -0.4 is 11.3 Å². The fraction of sp³-hybridized carbons (Fsp3) is 0.188. The maximum atomic E-state index is 12.7. The summed E-state index contributed by atoms with van der Waals surface area (Å²) >= 11 is 1.50. The molecule has 2 aromatic heterocycles. The summed E-state index contributed by atoms with van der Waals surface area (Å²) in [6, 6.07) is 9.79. The van der Waals surface area contributed by atoms with Crippen LogP contribution in [0.1, 0.15) is 11.3 Å². The van der Waals surface area contributed by atoms with Crippen LogP contribution in [0, 0.1) is 6.92 Å². The number of primary amides is 1. The Morgan fingerprint density at radius 1 is 1.32 bits per heavy atom. The quantitative estimate of drug-likeness (QED) is 0.803. The lowest BCUT2D eigenvalue weighted by molar-refractivity contribution is -0.118. The van der Waals surface area contributed by atoms with Crippen LogP contribution in [0.25, 0.3) is 21.3 Å². The largest absolute Gasteiger partial charge is 0.370 e. The van der Waals surface area contributed by atoms with Gasteiger partial charge in [-0.3, -0.25) is 14.2 Å². The Bertz CT molecular complexity index is 897. The molecule has 2 heterocycles. The fourth-order valence-electron chi connectivity index (χ4n) is 2.48. The van der Waals surface area contributed by atoms with Crippen LogP contribution in [0.2, 0.25) is 0 Å². The number of rotatable bonds is 4. The molecule has 3 rings (SSSR count). The van der Waals surface area contributed by atoms with Crippen LogP contribution in [-0.2, 0) is 11.3 Å². The fourth-order valence-corrected chi connectivity index (χ4v) is 3.48. The molecule has 3 aromatic rings. The van der Waals surface area contributed by atoms with Gasteiger partial charge in [0, 0.05) is 23.4 Å². The Kier molecular flexibility index (Phi) is 3.77. The van der Waals surface area contributed by atoms with E-state index in [0.717, 1.165) is 20.8 Å². The zero-order chi connectivity index (χ0) is 15.7. The maximum Gasteiger partial charge on any atom is 0.262 e. The molecule has 0 radical (unpaired) electrons. The predicted molar refractivity (Wildman–Crippen MR) is 87.9 cm³/mol. The van der Waals surface area contributed by atoms with E-state index in [9.17, 15) is 9.59 Å². The average molecular weight is 313 g/mol. The summed E-state index contributed by atoms with van der Waals surface area (Å²) < 4.78 is 1.45. The van der Waals surface area contributed by atoms with E-state index in [1.165, 1.54) is 22.2 Å². The van der Waals surface area contributed by atoms with Gasteiger partial charge in [-0.25, -0.2) is 4.98 Å². The first-order valence-corrected chi connectivity index (χ1v) is 7.72. The minimum Gasteiger partial charge on any atom is -0.370 e. The van der Waals surface area contributed by atoms with E-state index < -0.39 is 5.91 Å². The second-order valence-corrected chi connectivity index (χ2v) is 6.24. The van der Waals surface area contributed by atoms with E-state index in [2.05, 4.69) is 4.98 Å². The van der Waals surface area contributed by atoms with Gasteiger partial charge in [0.05, 0.1) is 11.7 Å². The Morgan fingerprint density at radius 2 is 2.05 bits per heavy atom. The van der Waals surface area contributed by atoms with Gasteiger partial charge in [0.25, 0.3) is 5.56 Å². The van der Waals surface area contributed by atoms with Gasteiger partial charge in [-0.15, -0.1) is 11.3 Å². The molecule has 1 aromatic carbocycles. The van der Waals surface area contributed by atoms with Crippen molar-refractivity contribution in [2.24, 2.45) is 5.73 Å². The minimum atomic E-state index is -0.434. The third-order valence-electron chi connectivity index (χ3n) is 3.52. The van der Waals surface area contributed by atoms with E-state index in [1.807, 2.05) is 37.3 Å². The van der Waals surface area contributed by atoms with Gasteiger partial charge >= 0.3 is 0 Å². The molecule has 1 amide bonds. The number of carbonyl (C=O) groups is 1. The number of hydrogen-bond acceptors (Lipinski definition) is 4. The molecule has 22 heavy (non-hydrogen) atoms. The summed E-state index contributed by atoms with van der Waals surface area (Å²) in [6.07, 6.45) is 1.61. The zero-order valence-electron chi connectivity index (χ0n) is 12.1. The summed E-state index contributed by atoms with van der Waals surface area (Å²) in [5, 5.41) is 0.612. The molecule has 0 atom stereocenters. The van der Waals surface area contributed by atoms with Gasteiger partial charge in [0.15, 0.2) is 0 Å². The Balaban J connectivity index is 2.21. The molecule has 0 bridgehead atoms. The molecule has 0 unspecified atom stereocenters. The highest BCUT2D eigenvalue weighted by Crippen LogP contribution is 2.35. The maximum absolute atomic E-state index is 12.7. The topological polar surface area (TPSA) is 78.0 Å². The van der Waals surface area contributed by atoms with Crippen LogP contribution in [0.3, 0.4) is 0 Å². The van der Waals surface area contributed by atoms with Gasteiger partial charge in [-0.1, -0.05) is 30.3 Å². The second kappa shape index (κ2) is 5.73. The van der Waals surface area contributed by atoms with Crippen molar-refractivity contribution in [3.8, 4) is 11.1 Å². The average Bonchev–Trinajstić information content (AvgIpc) is 2.84. The van der Waals surface area contributed by atoms with Crippen LogP contribution in [0.4, 0.5) is 0 Å². The van der Waals surface area contributed by atoms with Gasteiger partial charge in [-0.05, 0) is 12.5 Å². The van der Waals surface area contributed by atoms with Gasteiger partial charge in [0.2, 0.25) is 5.91 Å². The molecule has 0 fully saturated rings. The highest BCUT2D eigenvalue weighted by molar-refractivity contribution is 7.19. The van der Waals surface area contributed by atoms with Crippen LogP contribution in [0.15, 0.2) is 41.5 Å². The van der Waals surface area contributed by atoms with E-state index >= 15 is 0 Å². The van der Waals surface area contributed by atoms with Gasteiger partial charge in [-0.2, -0.15) is 0 Å². The summed E-state index contributed by atoms with van der Waals surface area (Å²) in [6.45, 7) is 2.24. The lowest BCUT2D eigenvalue weighted by Crippen LogP contribution is -2.23. The molecule has 112 valence electrons. The molecular formula is C16H15N3O2S. The first-order valence-electron chi connectivity index (χ1n) is 6.90. The first-order chi connectivity index (χ1) is 10.6. The van der Waals surface area contributed by atoms with Crippen molar-refractivity contribution >= 4 is 27.5 Å². The number of aryl methyl sites for hydroxylation is 2. The standard InChI is InChI=1S/C16H15N3O2S/c1-10-13(11-5-3-2-4-6-11)14-15(22-10)18-9-19(16(14)21)8-7-12(17)20/h2-6,9H,7-8H2,1H3,(H2,17,20). The van der Waals surface area contributed by atoms with Crippen molar-refractivity contribution in [3.63, 3.8) is 0 Å². The number of thiophene rings is 1. The molecule has 2 N–H and O–H groups in total. The molecule has 0 aliphatic heterocycles. The smallest absolute Gasteiger partial charge is 0.262 e. The molecule has 5 nitrogen and oxygen atoms in total. The Morgan fingerprint density at radius 3 is 2.73 bits per heavy atom. The number of fused-ring (bicyclic) bond motifs is 1. The molecule has 0 aliphatic carbocycles. The number of amides is 1. The molecule has 0 aliphatic rings. The van der Waals surface area contributed by atoms with Crippen molar-refractivity contribution in [3.05, 3.63) is 51.9 Å². The van der Waals surface area contributed by atoms with Gasteiger partial charge < -0.3 is 5.73 Å². The van der Waals surface area contributed by atoms with Crippen molar-refractivity contribution in [2.45, 2.75) is 19.9 Å². The Hall–Kier alpha value is -2.47. The minimum absolute atomic E-state index is 0.122. The van der Waals surface area contributed by atoms with Crippen molar-refractivity contribution < 1.29 is 4.79 Å². The van der Waals surface area contributed by atoms with Crippen LogP contribution in [0.5, 0.6) is 0 Å². The second-order valence-electron chi connectivity index (χ2n) is 5.04. The normalized spacial score (nSPS) is 11.0. The van der Waals surface area contributed by atoms with Crippen LogP contribution in [-0.4, -0.2) is 15.5 Å². The number of benzene rings is 1. The van der Waals surface area contributed by atoms with E-state index in [0.29, 0.717) is 5.39 Å². The summed E-state index contributed by atoms with van der Waals surface area (Å²) in [7, 11) is 0. The van der Waals surface area contributed by atoms with Crippen molar-refractivity contribution in [1.82, 2.24) is 9.55 Å². The molecular weight excluding hydrogens is 298 g/mol. The third-order valence-corrected chi connectivity index (χ3v) is 4.53. The zero-order valence-corrected chi connectivity index (χ0v) is 12.9. The summed E-state index contributed by atoms with van der Waals surface area (Å²) in [5.74, 6) is -0.434. The number of aromatic nitrogens is 2. The highest BCUT2D eigenvalue weighted by Gasteiger charge is 2.16. The molecule has 0 saturated carbocycles. The van der Waals surface area contributed by atoms with Crippen LogP contribution >= 0.6 is 11.3 Å². The van der Waals surface area contributed by atoms with Crippen molar-refractivity contribution in [1.29, 1.82) is 0 Å². The van der Waals surface area contributed by atoms with Crippen molar-refractivity contribution in [2.75, 3.05) is 0 Å².